The summed E-state index contributed by atoms with van der Waals surface area (Å²) in [7, 11) is -4.43. The second-order valence-corrected chi connectivity index (χ2v) is 10.3. The Kier molecular flexibility index (Phi) is 7.47. The molecule has 0 radical (unpaired) electrons. The molecule has 1 amide bonds. The van der Waals surface area contributed by atoms with Crippen LogP contribution in [0.2, 0.25) is 0 Å². The number of carbonyl (C=O) groups is 1. The van der Waals surface area contributed by atoms with Gasteiger partial charge in [-0.25, -0.2) is 21.6 Å². The number of nitrogens with zero attached hydrogens (tertiary/aromatic N) is 1. The number of benzene rings is 2. The van der Waals surface area contributed by atoms with E-state index in [-0.39, 0.29) is 12.8 Å². The van der Waals surface area contributed by atoms with Crippen LogP contribution < -0.4 is 10.6 Å². The molecule has 1 aliphatic carbocycles. The number of nitrogens with one attached hydrogen (secondary N) is 2. The Balaban J connectivity index is 1.91. The Hall–Kier alpha value is -3.11. The van der Waals surface area contributed by atoms with Crippen molar-refractivity contribution >= 4 is 15.7 Å². The lowest BCUT2D eigenvalue weighted by Gasteiger charge is -2.28. The van der Waals surface area contributed by atoms with Crippen molar-refractivity contribution in [1.29, 1.82) is 5.26 Å². The summed E-state index contributed by atoms with van der Waals surface area (Å²) in [5.74, 6) is -6.32. The van der Waals surface area contributed by atoms with Crippen LogP contribution in [0.4, 0.5) is 26.3 Å². The fourth-order valence-corrected chi connectivity index (χ4v) is 4.92. The lowest BCUT2D eigenvalue weighted by Crippen LogP contribution is -2.54. The second-order valence-electron chi connectivity index (χ2n) is 8.22. The minimum atomic E-state index is -5.02. The lowest BCUT2D eigenvalue weighted by atomic mass is 10.0. The van der Waals surface area contributed by atoms with Crippen LogP contribution in [0.3, 0.4) is 0 Å². The fourth-order valence-electron chi connectivity index (χ4n) is 3.34. The summed E-state index contributed by atoms with van der Waals surface area (Å²) < 4.78 is 107. The molecule has 0 unspecified atom stereocenters. The van der Waals surface area contributed by atoms with E-state index < -0.39 is 79.6 Å². The van der Waals surface area contributed by atoms with Crippen LogP contribution in [0.15, 0.2) is 42.5 Å². The first-order chi connectivity index (χ1) is 16.2. The summed E-state index contributed by atoms with van der Waals surface area (Å²) in [6, 6.07) is 2.58. The van der Waals surface area contributed by atoms with Crippen LogP contribution >= 0.6 is 0 Å². The molecule has 0 spiro atoms. The number of alkyl halides is 3. The average molecular weight is 519 g/mol. The van der Waals surface area contributed by atoms with E-state index in [1.54, 1.807) is 0 Å². The van der Waals surface area contributed by atoms with Gasteiger partial charge in [-0.2, -0.15) is 18.4 Å². The van der Waals surface area contributed by atoms with Crippen molar-refractivity contribution in [2.75, 3.05) is 5.75 Å². The van der Waals surface area contributed by atoms with Gasteiger partial charge in [0.25, 0.3) is 0 Å². The summed E-state index contributed by atoms with van der Waals surface area (Å²) in [5, 5.41) is 13.4. The zero-order chi connectivity index (χ0) is 26.0. The summed E-state index contributed by atoms with van der Waals surface area (Å²) in [6.07, 6.45) is -4.55. The van der Waals surface area contributed by atoms with Gasteiger partial charge in [-0.1, -0.05) is 18.2 Å². The Morgan fingerprint density at radius 3 is 2.17 bits per heavy atom. The SMILES string of the molecule is N#CC1(NC(=O)[C@H](CS(=O)(=O)Cc2ccc(F)cc2F)N[C@@H](c2ccc(F)cc2)C(F)(F)F)CC1. The summed E-state index contributed by atoms with van der Waals surface area (Å²) >= 11 is 0. The number of halogens is 6. The first kappa shape index (κ1) is 26.5. The molecule has 2 N–H and O–H groups in total. The number of nitriles is 1. The molecule has 0 aliphatic heterocycles. The van der Waals surface area contributed by atoms with Crippen molar-refractivity contribution in [3.8, 4) is 6.07 Å². The second kappa shape index (κ2) is 9.87. The fraction of sp³-hybridized carbons (Fsp3) is 0.364. The topological polar surface area (TPSA) is 99.1 Å². The quantitative estimate of drug-likeness (QED) is 0.495. The molecule has 1 aliphatic rings. The molecule has 0 heterocycles. The van der Waals surface area contributed by atoms with Gasteiger partial charge in [0.1, 0.15) is 35.1 Å². The van der Waals surface area contributed by atoms with E-state index in [2.05, 4.69) is 5.32 Å². The number of hydrogen-bond acceptors (Lipinski definition) is 5. The number of rotatable bonds is 9. The highest BCUT2D eigenvalue weighted by atomic mass is 32.2. The molecule has 2 atom stereocenters. The van der Waals surface area contributed by atoms with E-state index in [0.29, 0.717) is 6.07 Å². The molecule has 6 nitrogen and oxygen atoms in total. The van der Waals surface area contributed by atoms with Gasteiger partial charge in [0.15, 0.2) is 9.84 Å². The lowest BCUT2D eigenvalue weighted by molar-refractivity contribution is -0.160. The number of carbonyl (C=O) groups excluding carboxylic acids is 1. The van der Waals surface area contributed by atoms with Crippen LogP contribution in [0.25, 0.3) is 0 Å². The summed E-state index contributed by atoms with van der Waals surface area (Å²) in [4.78, 5) is 12.8. The predicted octanol–water partition coefficient (Wildman–Crippen LogP) is 3.45. The molecule has 2 aromatic rings. The monoisotopic (exact) mass is 519 g/mol. The van der Waals surface area contributed by atoms with Crippen LogP contribution in [0.5, 0.6) is 0 Å². The van der Waals surface area contributed by atoms with Crippen LogP contribution in [-0.2, 0) is 20.4 Å². The Morgan fingerprint density at radius 2 is 1.66 bits per heavy atom. The van der Waals surface area contributed by atoms with Crippen molar-refractivity contribution in [3.63, 3.8) is 0 Å². The maximum Gasteiger partial charge on any atom is 0.407 e. The van der Waals surface area contributed by atoms with E-state index >= 15 is 0 Å². The van der Waals surface area contributed by atoms with Gasteiger partial charge in [-0.3, -0.25) is 10.1 Å². The van der Waals surface area contributed by atoms with Crippen molar-refractivity contribution in [2.45, 2.75) is 42.4 Å². The van der Waals surface area contributed by atoms with Crippen molar-refractivity contribution in [1.82, 2.24) is 10.6 Å². The minimum absolute atomic E-state index is 0.232. The molecule has 188 valence electrons. The maximum absolute atomic E-state index is 14.0. The zero-order valence-corrected chi connectivity index (χ0v) is 18.7. The first-order valence-electron chi connectivity index (χ1n) is 10.2. The van der Waals surface area contributed by atoms with Gasteiger partial charge in [-0.05, 0) is 36.6 Å². The molecule has 2 aromatic carbocycles. The molecule has 0 saturated heterocycles. The number of amides is 1. The third-order valence-electron chi connectivity index (χ3n) is 5.35. The number of hydrogen-bond donors (Lipinski definition) is 2. The van der Waals surface area contributed by atoms with E-state index in [4.69, 9.17) is 0 Å². The van der Waals surface area contributed by atoms with Crippen molar-refractivity contribution in [3.05, 3.63) is 71.0 Å². The zero-order valence-electron chi connectivity index (χ0n) is 17.9. The normalized spacial score (nSPS) is 16.7. The molecular formula is C22H19F6N3O3S. The largest absolute Gasteiger partial charge is 0.407 e. The highest BCUT2D eigenvalue weighted by Gasteiger charge is 2.48. The van der Waals surface area contributed by atoms with Gasteiger partial charge in [-0.15, -0.1) is 0 Å². The number of sulfone groups is 1. The highest BCUT2D eigenvalue weighted by Crippen LogP contribution is 2.36. The highest BCUT2D eigenvalue weighted by molar-refractivity contribution is 7.90. The average Bonchev–Trinajstić information content (AvgIpc) is 3.53. The van der Waals surface area contributed by atoms with Gasteiger partial charge >= 0.3 is 6.18 Å². The molecule has 1 fully saturated rings. The molecule has 35 heavy (non-hydrogen) atoms. The Morgan fingerprint density at radius 1 is 1.06 bits per heavy atom. The third kappa shape index (κ3) is 6.95. The third-order valence-corrected chi connectivity index (χ3v) is 6.94. The predicted molar refractivity (Wildman–Crippen MR) is 112 cm³/mol. The maximum atomic E-state index is 14.0. The van der Waals surface area contributed by atoms with Crippen LogP contribution in [0.1, 0.15) is 30.0 Å². The van der Waals surface area contributed by atoms with Crippen LogP contribution in [-0.4, -0.2) is 37.8 Å². The van der Waals surface area contributed by atoms with Crippen molar-refractivity contribution < 1.29 is 39.6 Å². The van der Waals surface area contributed by atoms with E-state index in [9.17, 15) is 44.8 Å². The van der Waals surface area contributed by atoms with Gasteiger partial charge < -0.3 is 5.32 Å². The minimum Gasteiger partial charge on any atom is -0.336 e. The van der Waals surface area contributed by atoms with Crippen molar-refractivity contribution in [2.24, 2.45) is 0 Å². The van der Waals surface area contributed by atoms with Gasteiger partial charge in [0, 0.05) is 11.6 Å². The molecule has 0 bridgehead atoms. The summed E-state index contributed by atoms with van der Waals surface area (Å²) in [5.41, 5.74) is -2.24. The molecule has 3 rings (SSSR count). The molecule has 0 aromatic heterocycles. The van der Waals surface area contributed by atoms with Crippen LogP contribution in [0, 0.1) is 28.8 Å². The van der Waals surface area contributed by atoms with E-state index in [1.807, 2.05) is 11.4 Å². The Labute approximate surface area is 196 Å². The molecule has 1 saturated carbocycles. The Bertz CT molecular complexity index is 1240. The smallest absolute Gasteiger partial charge is 0.336 e. The van der Waals surface area contributed by atoms with Gasteiger partial charge in [0.2, 0.25) is 5.91 Å². The first-order valence-corrected chi connectivity index (χ1v) is 12.0. The van der Waals surface area contributed by atoms with E-state index in [0.717, 1.165) is 36.4 Å². The summed E-state index contributed by atoms with van der Waals surface area (Å²) in [6.45, 7) is 0. The molecule has 13 heteroatoms. The van der Waals surface area contributed by atoms with E-state index in [1.165, 1.54) is 0 Å². The molecular weight excluding hydrogens is 500 g/mol. The standard InChI is InChI=1S/C22H19F6N3O3S/c23-15-4-1-13(2-5-15)19(22(26,27)28)30-18(20(32)31-21(12-29)7-8-21)11-35(33,34)10-14-3-6-16(24)9-17(14)25/h1-6,9,18-19,30H,7-8,10-11H2,(H,31,32)/t18-,19-/m0/s1. The van der Waals surface area contributed by atoms with Gasteiger partial charge in [0.05, 0.1) is 17.6 Å².